The molecule has 0 saturated heterocycles. The largest absolute Gasteiger partial charge is 0.350 e. The highest BCUT2D eigenvalue weighted by molar-refractivity contribution is 7.89. The normalized spacial score (nSPS) is 11.4. The third-order valence-corrected chi connectivity index (χ3v) is 5.05. The summed E-state index contributed by atoms with van der Waals surface area (Å²) in [5.74, 6) is 0. The number of nitro groups is 1. The van der Waals surface area contributed by atoms with Crippen molar-refractivity contribution in [3.63, 3.8) is 0 Å². The lowest BCUT2D eigenvalue weighted by atomic mass is 10.2. The number of hydrogen-bond donors (Lipinski definition) is 2. The molecule has 0 aliphatic carbocycles. The number of nitrogens with one attached hydrogen (secondary N) is 1. The molecule has 0 atom stereocenters. The van der Waals surface area contributed by atoms with Gasteiger partial charge in [-0.1, -0.05) is 12.1 Å². The van der Waals surface area contributed by atoms with Gasteiger partial charge in [0.1, 0.15) is 5.69 Å². The molecule has 10 heteroatoms. The van der Waals surface area contributed by atoms with E-state index < -0.39 is 14.9 Å². The Morgan fingerprint density at radius 1 is 1.18 bits per heavy atom. The van der Waals surface area contributed by atoms with Crippen LogP contribution in [0.5, 0.6) is 0 Å². The fourth-order valence-corrected chi connectivity index (χ4v) is 3.39. The first-order valence-corrected chi connectivity index (χ1v) is 9.86. The molecule has 0 bridgehead atoms. The van der Waals surface area contributed by atoms with Crippen molar-refractivity contribution in [3.8, 4) is 0 Å². The number of anilines is 2. The smallest absolute Gasteiger partial charge is 0.294 e. The van der Waals surface area contributed by atoms with E-state index in [2.05, 4.69) is 10.4 Å². The number of aromatic nitrogens is 2. The lowest BCUT2D eigenvalue weighted by molar-refractivity contribution is -0.384. The Labute approximate surface area is 162 Å². The highest BCUT2D eigenvalue weighted by atomic mass is 32.2. The molecular weight excluding hydrogens is 382 g/mol. The number of primary sulfonamides is 1. The van der Waals surface area contributed by atoms with Crippen molar-refractivity contribution in [1.29, 1.82) is 0 Å². The van der Waals surface area contributed by atoms with E-state index in [0.29, 0.717) is 12.2 Å². The summed E-state index contributed by atoms with van der Waals surface area (Å²) in [5.41, 5.74) is 3.34. The van der Waals surface area contributed by atoms with Gasteiger partial charge in [-0.25, -0.2) is 13.6 Å². The van der Waals surface area contributed by atoms with Crippen LogP contribution >= 0.6 is 0 Å². The van der Waals surface area contributed by atoms with Crippen molar-refractivity contribution in [1.82, 2.24) is 9.78 Å². The third-order valence-electron chi connectivity index (χ3n) is 4.14. The molecule has 3 rings (SSSR count). The average Bonchev–Trinajstić information content (AvgIpc) is 2.91. The molecule has 146 valence electrons. The van der Waals surface area contributed by atoms with Crippen molar-refractivity contribution in [2.75, 3.05) is 5.32 Å². The van der Waals surface area contributed by atoms with Gasteiger partial charge in [-0.2, -0.15) is 5.10 Å². The van der Waals surface area contributed by atoms with E-state index in [1.807, 2.05) is 42.8 Å². The monoisotopic (exact) mass is 401 g/mol. The first kappa shape index (κ1) is 19.5. The zero-order valence-corrected chi connectivity index (χ0v) is 16.1. The van der Waals surface area contributed by atoms with Gasteiger partial charge in [0.05, 0.1) is 22.1 Å². The van der Waals surface area contributed by atoms with Gasteiger partial charge < -0.3 is 5.32 Å². The van der Waals surface area contributed by atoms with Crippen molar-refractivity contribution in [2.24, 2.45) is 5.14 Å². The molecule has 28 heavy (non-hydrogen) atoms. The zero-order chi connectivity index (χ0) is 20.5. The zero-order valence-electron chi connectivity index (χ0n) is 15.3. The van der Waals surface area contributed by atoms with Crippen LogP contribution in [-0.4, -0.2) is 23.1 Å². The van der Waals surface area contributed by atoms with E-state index in [1.54, 1.807) is 6.07 Å². The number of benzene rings is 2. The summed E-state index contributed by atoms with van der Waals surface area (Å²) in [6.45, 7) is 4.45. The summed E-state index contributed by atoms with van der Waals surface area (Å²) < 4.78 is 24.8. The highest BCUT2D eigenvalue weighted by Gasteiger charge is 2.19. The Balaban J connectivity index is 1.90. The lowest BCUT2D eigenvalue weighted by Gasteiger charge is -2.10. The Kier molecular flexibility index (Phi) is 5.16. The molecule has 0 saturated carbocycles. The summed E-state index contributed by atoms with van der Waals surface area (Å²) >= 11 is 0. The maximum absolute atomic E-state index is 11.5. The Hall–Kier alpha value is -3.24. The van der Waals surface area contributed by atoms with Gasteiger partial charge >= 0.3 is 0 Å². The molecule has 0 aliphatic rings. The number of nitrogens with zero attached hydrogens (tertiary/aromatic N) is 3. The number of nitro benzene ring substituents is 1. The van der Waals surface area contributed by atoms with E-state index in [9.17, 15) is 18.5 Å². The average molecular weight is 401 g/mol. The van der Waals surface area contributed by atoms with Crippen LogP contribution in [0.1, 0.15) is 17.0 Å². The van der Waals surface area contributed by atoms with Gasteiger partial charge in [-0.15, -0.1) is 0 Å². The molecule has 1 heterocycles. The molecule has 3 N–H and O–H groups in total. The molecule has 0 fully saturated rings. The second-order valence-corrected chi connectivity index (χ2v) is 7.95. The second kappa shape index (κ2) is 7.41. The molecule has 0 aliphatic heterocycles. The summed E-state index contributed by atoms with van der Waals surface area (Å²) in [5, 5.41) is 23.8. The molecule has 0 unspecified atom stereocenters. The molecule has 3 aromatic rings. The van der Waals surface area contributed by atoms with Crippen LogP contribution in [0.25, 0.3) is 0 Å². The van der Waals surface area contributed by atoms with Crippen LogP contribution < -0.4 is 10.5 Å². The lowest BCUT2D eigenvalue weighted by Crippen LogP contribution is -2.12. The summed E-state index contributed by atoms with van der Waals surface area (Å²) in [7, 11) is -4.03. The van der Waals surface area contributed by atoms with Crippen LogP contribution in [0.3, 0.4) is 0 Å². The summed E-state index contributed by atoms with van der Waals surface area (Å²) in [4.78, 5) is 10.4. The Morgan fingerprint density at radius 3 is 2.54 bits per heavy atom. The van der Waals surface area contributed by atoms with Gasteiger partial charge in [-0.05, 0) is 49.7 Å². The van der Waals surface area contributed by atoms with E-state index in [0.717, 1.165) is 23.0 Å². The van der Waals surface area contributed by atoms with Crippen LogP contribution in [0.4, 0.5) is 17.1 Å². The first-order valence-electron chi connectivity index (χ1n) is 8.32. The molecule has 2 aromatic carbocycles. The quantitative estimate of drug-likeness (QED) is 0.482. The third kappa shape index (κ3) is 4.35. The van der Waals surface area contributed by atoms with Crippen LogP contribution in [0.15, 0.2) is 53.4 Å². The first-order chi connectivity index (χ1) is 13.1. The Morgan fingerprint density at radius 2 is 1.93 bits per heavy atom. The number of sulfonamides is 1. The maximum Gasteiger partial charge on any atom is 0.294 e. The van der Waals surface area contributed by atoms with Crippen molar-refractivity contribution in [2.45, 2.75) is 25.3 Å². The van der Waals surface area contributed by atoms with Gasteiger partial charge in [0.2, 0.25) is 10.0 Å². The minimum absolute atomic E-state index is 0.167. The Bertz CT molecular complexity index is 1150. The van der Waals surface area contributed by atoms with Gasteiger partial charge in [-0.3, -0.25) is 14.8 Å². The molecule has 0 amide bonds. The van der Waals surface area contributed by atoms with Crippen LogP contribution in [-0.2, 0) is 16.6 Å². The van der Waals surface area contributed by atoms with Crippen molar-refractivity contribution >= 4 is 27.1 Å². The van der Waals surface area contributed by atoms with E-state index in [4.69, 9.17) is 5.14 Å². The summed E-state index contributed by atoms with van der Waals surface area (Å²) in [6, 6.07) is 12.9. The van der Waals surface area contributed by atoms with E-state index in [-0.39, 0.29) is 16.3 Å². The SMILES string of the molecule is Cc1cc(C)n(Cc2cccc(Nc3ccc(S(N)(=O)=O)cc3[N+](=O)[O-])c2)n1. The fourth-order valence-electron chi connectivity index (χ4n) is 2.86. The number of nitrogens with two attached hydrogens (primary N) is 1. The maximum atomic E-state index is 11.5. The number of rotatable bonds is 6. The molecule has 0 radical (unpaired) electrons. The van der Waals surface area contributed by atoms with Gasteiger partial charge in [0.25, 0.3) is 5.69 Å². The molecule has 1 aromatic heterocycles. The topological polar surface area (TPSA) is 133 Å². The highest BCUT2D eigenvalue weighted by Crippen LogP contribution is 2.30. The predicted molar refractivity (Wildman–Crippen MR) is 105 cm³/mol. The summed E-state index contributed by atoms with van der Waals surface area (Å²) in [6.07, 6.45) is 0. The minimum atomic E-state index is -4.03. The van der Waals surface area contributed by atoms with E-state index in [1.165, 1.54) is 12.1 Å². The fraction of sp³-hybridized carbons (Fsp3) is 0.167. The molecular formula is C18H19N5O4S. The molecule has 0 spiro atoms. The second-order valence-electron chi connectivity index (χ2n) is 6.39. The van der Waals surface area contributed by atoms with Crippen molar-refractivity contribution < 1.29 is 13.3 Å². The number of aryl methyl sites for hydroxylation is 2. The van der Waals surface area contributed by atoms with Crippen LogP contribution in [0.2, 0.25) is 0 Å². The van der Waals surface area contributed by atoms with Gasteiger partial charge in [0.15, 0.2) is 0 Å². The predicted octanol–water partition coefficient (Wildman–Crippen LogP) is 2.85. The number of hydrogen-bond acceptors (Lipinski definition) is 6. The minimum Gasteiger partial charge on any atom is -0.350 e. The van der Waals surface area contributed by atoms with Crippen molar-refractivity contribution in [3.05, 3.63) is 75.6 Å². The van der Waals surface area contributed by atoms with Gasteiger partial charge in [0, 0.05) is 17.4 Å². The molecule has 9 nitrogen and oxygen atoms in total. The van der Waals surface area contributed by atoms with Crippen LogP contribution in [0, 0.1) is 24.0 Å². The van der Waals surface area contributed by atoms with E-state index >= 15 is 0 Å². The standard InChI is InChI=1S/C18H19N5O4S/c1-12-8-13(2)22(21-12)11-14-4-3-5-15(9-14)20-17-7-6-16(28(19,26)27)10-18(17)23(24)25/h3-10,20H,11H2,1-2H3,(H2,19,26,27).